The van der Waals surface area contributed by atoms with E-state index in [-0.39, 0.29) is 12.1 Å². The summed E-state index contributed by atoms with van der Waals surface area (Å²) in [7, 11) is 1.86. The van der Waals surface area contributed by atoms with Crippen LogP contribution in [0.25, 0.3) is 10.9 Å². The number of benzene rings is 1. The molecular formula is C13H17N3OS. The highest BCUT2D eigenvalue weighted by atomic mass is 32.2. The third-order valence-electron chi connectivity index (χ3n) is 2.99. The number of hydrogen-bond donors (Lipinski definition) is 2. The summed E-state index contributed by atoms with van der Waals surface area (Å²) in [4.78, 5) is 8.56. The molecule has 1 atom stereocenters. The number of para-hydroxylation sites is 1. The Labute approximate surface area is 111 Å². The number of hydrogen-bond acceptors (Lipinski definition) is 5. The van der Waals surface area contributed by atoms with E-state index in [1.54, 1.807) is 18.1 Å². The SMILES string of the molecule is CNC(C)(CO)CSc1ncnc2ccccc12. The molecule has 2 rings (SSSR count). The largest absolute Gasteiger partial charge is 0.394 e. The number of nitrogens with one attached hydrogen (secondary N) is 1. The molecule has 5 heteroatoms. The predicted molar refractivity (Wildman–Crippen MR) is 74.8 cm³/mol. The third-order valence-corrected chi connectivity index (χ3v) is 4.37. The zero-order chi connectivity index (χ0) is 13.0. The van der Waals surface area contributed by atoms with Crippen LogP contribution in [0.15, 0.2) is 35.6 Å². The highest BCUT2D eigenvalue weighted by Crippen LogP contribution is 2.26. The Morgan fingerprint density at radius 3 is 2.83 bits per heavy atom. The number of rotatable bonds is 5. The predicted octanol–water partition coefficient (Wildman–Crippen LogP) is 1.69. The van der Waals surface area contributed by atoms with Gasteiger partial charge in [0.15, 0.2) is 0 Å². The fraction of sp³-hybridized carbons (Fsp3) is 0.385. The maximum Gasteiger partial charge on any atom is 0.117 e. The van der Waals surface area contributed by atoms with Crippen LogP contribution in [0.4, 0.5) is 0 Å². The van der Waals surface area contributed by atoms with Crippen molar-refractivity contribution >= 4 is 22.7 Å². The van der Waals surface area contributed by atoms with Gasteiger partial charge in [-0.1, -0.05) is 18.2 Å². The molecule has 0 saturated carbocycles. The lowest BCUT2D eigenvalue weighted by Gasteiger charge is -2.26. The molecule has 0 amide bonds. The van der Waals surface area contributed by atoms with E-state index in [2.05, 4.69) is 15.3 Å². The van der Waals surface area contributed by atoms with E-state index in [1.807, 2.05) is 38.2 Å². The molecule has 0 bridgehead atoms. The molecule has 1 aromatic carbocycles. The number of nitrogens with zero attached hydrogens (tertiary/aromatic N) is 2. The third kappa shape index (κ3) is 2.80. The van der Waals surface area contributed by atoms with Crippen molar-refractivity contribution in [3.63, 3.8) is 0 Å². The fourth-order valence-electron chi connectivity index (χ4n) is 1.52. The minimum absolute atomic E-state index is 0.0967. The number of aliphatic hydroxyl groups is 1. The Hall–Kier alpha value is -1.17. The van der Waals surface area contributed by atoms with Crippen LogP contribution in [0.5, 0.6) is 0 Å². The van der Waals surface area contributed by atoms with E-state index in [0.717, 1.165) is 21.7 Å². The van der Waals surface area contributed by atoms with E-state index in [1.165, 1.54) is 0 Å². The Morgan fingerprint density at radius 2 is 2.11 bits per heavy atom. The van der Waals surface area contributed by atoms with Crippen LogP contribution in [0.2, 0.25) is 0 Å². The first-order valence-corrected chi connectivity index (χ1v) is 6.79. The molecule has 0 fully saturated rings. The maximum absolute atomic E-state index is 9.37. The monoisotopic (exact) mass is 263 g/mol. The van der Waals surface area contributed by atoms with Crippen molar-refractivity contribution in [2.24, 2.45) is 0 Å². The van der Waals surface area contributed by atoms with Crippen molar-refractivity contribution < 1.29 is 5.11 Å². The van der Waals surface area contributed by atoms with Gasteiger partial charge in [-0.05, 0) is 20.0 Å². The molecule has 2 aromatic rings. The van der Waals surface area contributed by atoms with Crippen molar-refractivity contribution in [1.82, 2.24) is 15.3 Å². The van der Waals surface area contributed by atoms with Gasteiger partial charge in [0.2, 0.25) is 0 Å². The second-order valence-electron chi connectivity index (χ2n) is 4.45. The summed E-state index contributed by atoms with van der Waals surface area (Å²) in [5, 5.41) is 14.5. The van der Waals surface area contributed by atoms with Gasteiger partial charge in [0, 0.05) is 16.7 Å². The summed E-state index contributed by atoms with van der Waals surface area (Å²) >= 11 is 1.63. The summed E-state index contributed by atoms with van der Waals surface area (Å²) < 4.78 is 0. The molecule has 0 saturated heterocycles. The summed E-state index contributed by atoms with van der Waals surface area (Å²) in [6.45, 7) is 2.09. The van der Waals surface area contributed by atoms with E-state index >= 15 is 0 Å². The molecule has 4 nitrogen and oxygen atoms in total. The van der Waals surface area contributed by atoms with E-state index in [9.17, 15) is 5.11 Å². The maximum atomic E-state index is 9.37. The van der Waals surface area contributed by atoms with Gasteiger partial charge < -0.3 is 10.4 Å². The second kappa shape index (κ2) is 5.65. The lowest BCUT2D eigenvalue weighted by Crippen LogP contribution is -2.45. The highest BCUT2D eigenvalue weighted by molar-refractivity contribution is 7.99. The molecule has 0 radical (unpaired) electrons. The van der Waals surface area contributed by atoms with Crippen LogP contribution in [0.1, 0.15) is 6.92 Å². The molecule has 1 heterocycles. The number of thioether (sulfide) groups is 1. The van der Waals surface area contributed by atoms with Crippen LogP contribution < -0.4 is 5.32 Å². The molecule has 0 aliphatic rings. The van der Waals surface area contributed by atoms with Gasteiger partial charge in [0.05, 0.1) is 12.1 Å². The second-order valence-corrected chi connectivity index (χ2v) is 5.42. The van der Waals surface area contributed by atoms with Gasteiger partial charge in [-0.25, -0.2) is 9.97 Å². The van der Waals surface area contributed by atoms with Crippen LogP contribution in [-0.2, 0) is 0 Å². The average Bonchev–Trinajstić information content (AvgIpc) is 2.44. The summed E-state index contributed by atoms with van der Waals surface area (Å²) in [6, 6.07) is 7.95. The van der Waals surface area contributed by atoms with Crippen LogP contribution in [0, 0.1) is 0 Å². The standard InChI is InChI=1S/C13H17N3OS/c1-13(7-17,14-2)8-18-12-10-5-3-4-6-11(10)15-9-16-12/h3-6,9,14,17H,7-8H2,1-2H3. The minimum atomic E-state index is -0.295. The van der Waals surface area contributed by atoms with Crippen molar-refractivity contribution in [2.75, 3.05) is 19.4 Å². The molecule has 1 unspecified atom stereocenters. The van der Waals surface area contributed by atoms with Gasteiger partial charge in [-0.3, -0.25) is 0 Å². The molecular weight excluding hydrogens is 246 g/mol. The van der Waals surface area contributed by atoms with Gasteiger partial charge >= 0.3 is 0 Å². The van der Waals surface area contributed by atoms with Gasteiger partial charge in [-0.2, -0.15) is 0 Å². The fourth-order valence-corrected chi connectivity index (χ4v) is 2.66. The summed E-state index contributed by atoms with van der Waals surface area (Å²) in [5.41, 5.74) is 0.654. The van der Waals surface area contributed by atoms with Gasteiger partial charge in [-0.15, -0.1) is 11.8 Å². The molecule has 96 valence electrons. The Balaban J connectivity index is 2.22. The zero-order valence-electron chi connectivity index (χ0n) is 10.6. The number of likely N-dealkylation sites (N-methyl/N-ethyl adjacent to an activating group) is 1. The highest BCUT2D eigenvalue weighted by Gasteiger charge is 2.21. The first-order valence-electron chi connectivity index (χ1n) is 5.81. The topological polar surface area (TPSA) is 58.0 Å². The smallest absolute Gasteiger partial charge is 0.117 e. The van der Waals surface area contributed by atoms with Crippen LogP contribution in [-0.4, -0.2) is 40.0 Å². The first kappa shape index (κ1) is 13.3. The van der Waals surface area contributed by atoms with Gasteiger partial charge in [0.25, 0.3) is 0 Å². The van der Waals surface area contributed by atoms with Crippen molar-refractivity contribution in [2.45, 2.75) is 17.5 Å². The average molecular weight is 263 g/mol. The van der Waals surface area contributed by atoms with E-state index in [0.29, 0.717) is 0 Å². The summed E-state index contributed by atoms with van der Waals surface area (Å²) in [6.07, 6.45) is 1.58. The Kier molecular flexibility index (Phi) is 4.16. The van der Waals surface area contributed by atoms with Crippen molar-refractivity contribution in [3.8, 4) is 0 Å². The zero-order valence-corrected chi connectivity index (χ0v) is 11.4. The van der Waals surface area contributed by atoms with Crippen molar-refractivity contribution in [3.05, 3.63) is 30.6 Å². The number of aliphatic hydroxyl groups excluding tert-OH is 1. The van der Waals surface area contributed by atoms with E-state index in [4.69, 9.17) is 0 Å². The lowest BCUT2D eigenvalue weighted by molar-refractivity contribution is 0.200. The first-order chi connectivity index (χ1) is 8.68. The quantitative estimate of drug-likeness (QED) is 0.635. The van der Waals surface area contributed by atoms with Crippen molar-refractivity contribution in [1.29, 1.82) is 0 Å². The van der Waals surface area contributed by atoms with Crippen LogP contribution >= 0.6 is 11.8 Å². The summed E-state index contributed by atoms with van der Waals surface area (Å²) in [5.74, 6) is 0.751. The molecule has 1 aromatic heterocycles. The number of aromatic nitrogens is 2. The molecule has 2 N–H and O–H groups in total. The Bertz CT molecular complexity index is 523. The minimum Gasteiger partial charge on any atom is -0.394 e. The van der Waals surface area contributed by atoms with Crippen LogP contribution in [0.3, 0.4) is 0 Å². The molecule has 0 aliphatic heterocycles. The lowest BCUT2D eigenvalue weighted by atomic mass is 10.1. The Morgan fingerprint density at radius 1 is 1.33 bits per heavy atom. The number of fused-ring (bicyclic) bond motifs is 1. The molecule has 0 spiro atoms. The normalized spacial score (nSPS) is 14.6. The van der Waals surface area contributed by atoms with E-state index < -0.39 is 0 Å². The molecule has 18 heavy (non-hydrogen) atoms. The van der Waals surface area contributed by atoms with Gasteiger partial charge in [0.1, 0.15) is 11.4 Å². The molecule has 0 aliphatic carbocycles.